The van der Waals surface area contributed by atoms with Crippen molar-refractivity contribution in [2.24, 2.45) is 0 Å². The van der Waals surface area contributed by atoms with E-state index in [1.165, 1.54) is 6.26 Å². The molecule has 2 aromatic heterocycles. The van der Waals surface area contributed by atoms with Crippen molar-refractivity contribution in [3.63, 3.8) is 0 Å². The molecule has 1 aliphatic heterocycles. The molecule has 0 radical (unpaired) electrons. The monoisotopic (exact) mass is 430 g/mol. The summed E-state index contributed by atoms with van der Waals surface area (Å²) in [6.45, 7) is 2.77. The van der Waals surface area contributed by atoms with Gasteiger partial charge in [0.15, 0.2) is 18.0 Å². The summed E-state index contributed by atoms with van der Waals surface area (Å²) in [5.74, 6) is -0.970. The topological polar surface area (TPSA) is 93.2 Å². The number of ether oxygens (including phenoxy) is 1. The highest BCUT2D eigenvalue weighted by Gasteiger charge is 2.27. The average Bonchev–Trinajstić information content (AvgIpc) is 3.41. The molecule has 2 amide bonds. The van der Waals surface area contributed by atoms with E-state index in [9.17, 15) is 14.4 Å². The maximum Gasteiger partial charge on any atom is 0.375 e. The van der Waals surface area contributed by atoms with Crippen molar-refractivity contribution in [3.05, 3.63) is 58.7 Å². The summed E-state index contributed by atoms with van der Waals surface area (Å²) in [5.41, 5.74) is 1.02. The smallest absolute Gasteiger partial charge is 0.375 e. The highest BCUT2D eigenvalue weighted by Crippen LogP contribution is 2.31. The van der Waals surface area contributed by atoms with E-state index in [2.05, 4.69) is 0 Å². The predicted molar refractivity (Wildman–Crippen MR) is 107 cm³/mol. The van der Waals surface area contributed by atoms with Crippen molar-refractivity contribution >= 4 is 40.4 Å². The first-order chi connectivity index (χ1) is 14.5. The molecule has 1 fully saturated rings. The molecule has 8 nitrogen and oxygen atoms in total. The van der Waals surface area contributed by atoms with Crippen LogP contribution in [0, 0.1) is 6.92 Å². The summed E-state index contributed by atoms with van der Waals surface area (Å²) < 4.78 is 15.8. The lowest BCUT2D eigenvalue weighted by molar-refractivity contribution is -0.136. The Kier molecular flexibility index (Phi) is 5.50. The standard InChI is InChI=1S/C21H19ClN2O6/c1-13-14-4-2-5-15(22)19(14)30-18(13)21(27)29-12-17(25)23-7-9-24(10-8-23)20(26)16-6-3-11-28-16/h2-6,11H,7-10,12H2,1H3. The number of fused-ring (bicyclic) bond motifs is 1. The highest BCUT2D eigenvalue weighted by atomic mass is 35.5. The van der Waals surface area contributed by atoms with Crippen LogP contribution in [0.15, 0.2) is 45.4 Å². The van der Waals surface area contributed by atoms with Crippen LogP contribution in [0.1, 0.15) is 26.7 Å². The molecule has 0 saturated carbocycles. The lowest BCUT2D eigenvalue weighted by Crippen LogP contribution is -2.51. The summed E-state index contributed by atoms with van der Waals surface area (Å²) in [7, 11) is 0. The minimum absolute atomic E-state index is 0.0276. The van der Waals surface area contributed by atoms with Crippen LogP contribution in [0.5, 0.6) is 0 Å². The second-order valence-corrected chi connectivity index (χ2v) is 7.31. The summed E-state index contributed by atoms with van der Waals surface area (Å²) >= 11 is 6.10. The van der Waals surface area contributed by atoms with Crippen LogP contribution in [-0.4, -0.2) is 60.4 Å². The number of benzene rings is 1. The van der Waals surface area contributed by atoms with Gasteiger partial charge in [0.25, 0.3) is 11.8 Å². The number of rotatable bonds is 4. The Labute approximate surface area is 176 Å². The number of aryl methyl sites for hydroxylation is 1. The molecule has 0 aliphatic carbocycles. The Morgan fingerprint density at radius 3 is 2.47 bits per heavy atom. The highest BCUT2D eigenvalue weighted by molar-refractivity contribution is 6.35. The Bertz CT molecular complexity index is 1100. The molecule has 30 heavy (non-hydrogen) atoms. The van der Waals surface area contributed by atoms with Gasteiger partial charge in [-0.15, -0.1) is 0 Å². The zero-order valence-electron chi connectivity index (χ0n) is 16.2. The van der Waals surface area contributed by atoms with Gasteiger partial charge in [-0.2, -0.15) is 0 Å². The maximum atomic E-state index is 12.4. The van der Waals surface area contributed by atoms with Gasteiger partial charge in [-0.3, -0.25) is 9.59 Å². The Morgan fingerprint density at radius 2 is 1.80 bits per heavy atom. The third kappa shape index (κ3) is 3.78. The lowest BCUT2D eigenvalue weighted by atomic mass is 10.1. The van der Waals surface area contributed by atoms with E-state index in [1.807, 2.05) is 0 Å². The minimum atomic E-state index is -0.722. The zero-order chi connectivity index (χ0) is 21.3. The number of amides is 2. The quantitative estimate of drug-likeness (QED) is 0.590. The van der Waals surface area contributed by atoms with Gasteiger partial charge in [0, 0.05) is 37.1 Å². The zero-order valence-corrected chi connectivity index (χ0v) is 17.0. The average molecular weight is 431 g/mol. The number of piperazine rings is 1. The van der Waals surface area contributed by atoms with Crippen molar-refractivity contribution in [2.75, 3.05) is 32.8 Å². The Balaban J connectivity index is 1.32. The summed E-state index contributed by atoms with van der Waals surface area (Å²) in [6.07, 6.45) is 1.44. The predicted octanol–water partition coefficient (Wildman–Crippen LogP) is 3.13. The molecule has 0 spiro atoms. The molecule has 4 rings (SSSR count). The van der Waals surface area contributed by atoms with Crippen LogP contribution in [0.3, 0.4) is 0 Å². The number of furan rings is 2. The Hall–Kier alpha value is -3.26. The van der Waals surface area contributed by atoms with Gasteiger partial charge in [-0.1, -0.05) is 23.7 Å². The van der Waals surface area contributed by atoms with E-state index in [0.717, 1.165) is 5.39 Å². The normalized spacial score (nSPS) is 14.2. The first kappa shape index (κ1) is 20.0. The SMILES string of the molecule is Cc1c(C(=O)OCC(=O)N2CCN(C(=O)c3ccco3)CC2)oc2c(Cl)cccc12. The van der Waals surface area contributed by atoms with E-state index in [1.54, 1.807) is 47.1 Å². The largest absolute Gasteiger partial charge is 0.459 e. The van der Waals surface area contributed by atoms with Gasteiger partial charge in [0.05, 0.1) is 11.3 Å². The van der Waals surface area contributed by atoms with Gasteiger partial charge in [-0.05, 0) is 25.1 Å². The molecule has 3 heterocycles. The van der Waals surface area contributed by atoms with Crippen LogP contribution < -0.4 is 0 Å². The fraction of sp³-hybridized carbons (Fsp3) is 0.286. The lowest BCUT2D eigenvalue weighted by Gasteiger charge is -2.34. The molecule has 0 bridgehead atoms. The molecule has 1 aliphatic rings. The molecular weight excluding hydrogens is 412 g/mol. The second kappa shape index (κ2) is 8.23. The fourth-order valence-corrected chi connectivity index (χ4v) is 3.62. The van der Waals surface area contributed by atoms with Crippen LogP contribution >= 0.6 is 11.6 Å². The van der Waals surface area contributed by atoms with Crippen LogP contribution in [0.25, 0.3) is 11.0 Å². The number of hydrogen-bond acceptors (Lipinski definition) is 6. The van der Waals surface area contributed by atoms with Crippen LogP contribution in [0.4, 0.5) is 0 Å². The number of esters is 1. The fourth-order valence-electron chi connectivity index (χ4n) is 3.40. The van der Waals surface area contributed by atoms with E-state index in [-0.39, 0.29) is 23.3 Å². The van der Waals surface area contributed by atoms with Crippen molar-refractivity contribution in [1.29, 1.82) is 0 Å². The van der Waals surface area contributed by atoms with Gasteiger partial charge in [0.2, 0.25) is 5.76 Å². The second-order valence-electron chi connectivity index (χ2n) is 6.90. The number of nitrogens with zero attached hydrogens (tertiary/aromatic N) is 2. The van der Waals surface area contributed by atoms with Gasteiger partial charge < -0.3 is 23.4 Å². The van der Waals surface area contributed by atoms with Gasteiger partial charge in [0.1, 0.15) is 0 Å². The molecule has 3 aromatic rings. The third-order valence-corrected chi connectivity index (χ3v) is 5.38. The minimum Gasteiger partial charge on any atom is -0.459 e. The third-order valence-electron chi connectivity index (χ3n) is 5.08. The number of carbonyl (C=O) groups is 3. The van der Waals surface area contributed by atoms with Gasteiger partial charge >= 0.3 is 5.97 Å². The van der Waals surface area contributed by atoms with Crippen LogP contribution in [0.2, 0.25) is 5.02 Å². The first-order valence-corrected chi connectivity index (χ1v) is 9.79. The van der Waals surface area contributed by atoms with Crippen LogP contribution in [-0.2, 0) is 9.53 Å². The molecule has 0 atom stereocenters. The number of carbonyl (C=O) groups excluding carboxylic acids is 3. The molecule has 0 N–H and O–H groups in total. The van der Waals surface area contributed by atoms with Gasteiger partial charge in [-0.25, -0.2) is 4.79 Å². The van der Waals surface area contributed by atoms with E-state index >= 15 is 0 Å². The van der Waals surface area contributed by atoms with E-state index < -0.39 is 12.6 Å². The molecular formula is C21H19ClN2O6. The summed E-state index contributed by atoms with van der Waals surface area (Å²) in [5, 5.41) is 1.12. The molecule has 1 saturated heterocycles. The molecule has 9 heteroatoms. The number of hydrogen-bond donors (Lipinski definition) is 0. The van der Waals surface area contributed by atoms with Crippen molar-refractivity contribution in [1.82, 2.24) is 9.80 Å². The Morgan fingerprint density at radius 1 is 1.07 bits per heavy atom. The van der Waals surface area contributed by atoms with E-state index in [0.29, 0.717) is 42.3 Å². The van der Waals surface area contributed by atoms with Crippen molar-refractivity contribution in [3.8, 4) is 0 Å². The first-order valence-electron chi connectivity index (χ1n) is 9.41. The number of para-hydroxylation sites is 1. The molecule has 1 aromatic carbocycles. The van der Waals surface area contributed by atoms with Crippen molar-refractivity contribution < 1.29 is 28.0 Å². The maximum absolute atomic E-state index is 12.4. The van der Waals surface area contributed by atoms with E-state index in [4.69, 9.17) is 25.2 Å². The number of halogens is 1. The van der Waals surface area contributed by atoms with Crippen molar-refractivity contribution in [2.45, 2.75) is 6.92 Å². The molecule has 0 unspecified atom stereocenters. The summed E-state index contributed by atoms with van der Waals surface area (Å²) in [6, 6.07) is 8.49. The molecule has 156 valence electrons. The summed E-state index contributed by atoms with van der Waals surface area (Å²) in [4.78, 5) is 40.3.